The van der Waals surface area contributed by atoms with Crippen LogP contribution in [-0.2, 0) is 5.54 Å². The lowest BCUT2D eigenvalue weighted by atomic mass is 9.88. The number of hydrogen-bond acceptors (Lipinski definition) is 1. The highest BCUT2D eigenvalue weighted by molar-refractivity contribution is 5.93. The lowest BCUT2D eigenvalue weighted by Gasteiger charge is -2.31. The second-order valence-electron chi connectivity index (χ2n) is 5.19. The van der Waals surface area contributed by atoms with Gasteiger partial charge in [-0.25, -0.2) is 0 Å². The lowest BCUT2D eigenvalue weighted by Crippen LogP contribution is -2.43. The number of amides is 1. The Morgan fingerprint density at radius 1 is 1.05 bits per heavy atom. The number of carbonyl (C=O) groups excluding carboxylic acids is 1. The summed E-state index contributed by atoms with van der Waals surface area (Å²) in [6, 6.07) is 14.0. The largest absolute Gasteiger partial charge is 0.357 e. The van der Waals surface area contributed by atoms with E-state index in [1.165, 1.54) is 18.4 Å². The zero-order valence-electron chi connectivity index (χ0n) is 10.9. The van der Waals surface area contributed by atoms with Crippen molar-refractivity contribution < 1.29 is 4.79 Å². The van der Waals surface area contributed by atoms with E-state index in [-0.39, 0.29) is 11.4 Å². The topological polar surface area (TPSA) is 44.9 Å². The molecule has 0 saturated heterocycles. The SMILES string of the molecule is O=C(NC1(c2ccccc2)CCCC1)c1ccc[nH]1. The number of aromatic nitrogens is 1. The van der Waals surface area contributed by atoms with E-state index in [4.69, 9.17) is 0 Å². The second-order valence-corrected chi connectivity index (χ2v) is 5.19. The maximum atomic E-state index is 12.3. The number of rotatable bonds is 3. The number of aromatic amines is 1. The zero-order chi connectivity index (χ0) is 13.1. The number of H-pyrrole nitrogens is 1. The van der Waals surface area contributed by atoms with Crippen molar-refractivity contribution in [2.45, 2.75) is 31.2 Å². The summed E-state index contributed by atoms with van der Waals surface area (Å²) in [5.41, 5.74) is 1.65. The fraction of sp³-hybridized carbons (Fsp3) is 0.312. The van der Waals surface area contributed by atoms with Crippen LogP contribution in [0.15, 0.2) is 48.7 Å². The summed E-state index contributed by atoms with van der Waals surface area (Å²) in [5.74, 6) is -0.0178. The molecule has 0 radical (unpaired) electrons. The molecule has 0 spiro atoms. The monoisotopic (exact) mass is 254 g/mol. The van der Waals surface area contributed by atoms with Gasteiger partial charge in [0.25, 0.3) is 5.91 Å². The van der Waals surface area contributed by atoms with Crippen molar-refractivity contribution in [1.82, 2.24) is 10.3 Å². The minimum Gasteiger partial charge on any atom is -0.357 e. The molecule has 1 heterocycles. The van der Waals surface area contributed by atoms with Gasteiger partial charge >= 0.3 is 0 Å². The van der Waals surface area contributed by atoms with Crippen LogP contribution in [0.4, 0.5) is 0 Å². The van der Waals surface area contributed by atoms with Gasteiger partial charge in [-0.1, -0.05) is 43.2 Å². The maximum Gasteiger partial charge on any atom is 0.268 e. The van der Waals surface area contributed by atoms with E-state index in [0.29, 0.717) is 5.69 Å². The fourth-order valence-corrected chi connectivity index (χ4v) is 2.98. The van der Waals surface area contributed by atoms with E-state index in [1.807, 2.05) is 30.3 Å². The number of nitrogens with one attached hydrogen (secondary N) is 2. The Morgan fingerprint density at radius 3 is 2.42 bits per heavy atom. The Labute approximate surface area is 113 Å². The molecule has 98 valence electrons. The van der Waals surface area contributed by atoms with Crippen LogP contribution in [0, 0.1) is 0 Å². The molecule has 0 unspecified atom stereocenters. The molecular formula is C16H18N2O. The first-order valence-electron chi connectivity index (χ1n) is 6.82. The maximum absolute atomic E-state index is 12.3. The molecular weight excluding hydrogens is 236 g/mol. The Kier molecular flexibility index (Phi) is 3.11. The summed E-state index contributed by atoms with van der Waals surface area (Å²) < 4.78 is 0. The van der Waals surface area contributed by atoms with Gasteiger partial charge in [0, 0.05) is 6.20 Å². The van der Waals surface area contributed by atoms with Gasteiger partial charge in [0.1, 0.15) is 5.69 Å². The van der Waals surface area contributed by atoms with E-state index < -0.39 is 0 Å². The summed E-state index contributed by atoms with van der Waals surface area (Å²) in [4.78, 5) is 15.3. The van der Waals surface area contributed by atoms with Crippen LogP contribution in [0.5, 0.6) is 0 Å². The van der Waals surface area contributed by atoms with Gasteiger partial charge in [0.15, 0.2) is 0 Å². The van der Waals surface area contributed by atoms with Crippen LogP contribution < -0.4 is 5.32 Å². The average Bonchev–Trinajstić information content (AvgIpc) is 3.11. The van der Waals surface area contributed by atoms with E-state index >= 15 is 0 Å². The number of carbonyl (C=O) groups is 1. The van der Waals surface area contributed by atoms with Gasteiger partial charge in [-0.05, 0) is 30.5 Å². The molecule has 3 rings (SSSR count). The van der Waals surface area contributed by atoms with Gasteiger partial charge in [-0.3, -0.25) is 4.79 Å². The molecule has 1 saturated carbocycles. The van der Waals surface area contributed by atoms with Crippen LogP contribution in [0.1, 0.15) is 41.7 Å². The van der Waals surface area contributed by atoms with E-state index in [0.717, 1.165) is 12.8 Å². The molecule has 3 nitrogen and oxygen atoms in total. The van der Waals surface area contributed by atoms with Crippen LogP contribution in [0.2, 0.25) is 0 Å². The van der Waals surface area contributed by atoms with Crippen molar-refractivity contribution in [2.24, 2.45) is 0 Å². The van der Waals surface area contributed by atoms with Crippen LogP contribution >= 0.6 is 0 Å². The van der Waals surface area contributed by atoms with Gasteiger partial charge in [-0.2, -0.15) is 0 Å². The quantitative estimate of drug-likeness (QED) is 0.868. The summed E-state index contributed by atoms with van der Waals surface area (Å²) in [6.45, 7) is 0. The summed E-state index contributed by atoms with van der Waals surface area (Å²) in [7, 11) is 0. The van der Waals surface area contributed by atoms with E-state index in [2.05, 4.69) is 22.4 Å². The standard InChI is InChI=1S/C16H18N2O/c19-15(14-9-6-12-17-14)18-16(10-4-5-11-16)13-7-2-1-3-8-13/h1-3,6-9,12,17H,4-5,10-11H2,(H,18,19). The highest BCUT2D eigenvalue weighted by Gasteiger charge is 2.37. The molecule has 0 bridgehead atoms. The smallest absolute Gasteiger partial charge is 0.268 e. The molecule has 3 heteroatoms. The highest BCUT2D eigenvalue weighted by Crippen LogP contribution is 2.38. The van der Waals surface area contributed by atoms with Crippen molar-refractivity contribution >= 4 is 5.91 Å². The normalized spacial score (nSPS) is 17.3. The molecule has 1 aliphatic carbocycles. The zero-order valence-corrected chi connectivity index (χ0v) is 10.9. The summed E-state index contributed by atoms with van der Waals surface area (Å²) in [5, 5.41) is 3.24. The first-order chi connectivity index (χ1) is 9.30. The molecule has 1 aromatic carbocycles. The number of hydrogen-bond donors (Lipinski definition) is 2. The Bertz CT molecular complexity index is 539. The molecule has 2 aromatic rings. The van der Waals surface area contributed by atoms with Gasteiger partial charge in [0.2, 0.25) is 0 Å². The van der Waals surface area contributed by atoms with Gasteiger partial charge < -0.3 is 10.3 Å². The molecule has 19 heavy (non-hydrogen) atoms. The molecule has 1 fully saturated rings. The highest BCUT2D eigenvalue weighted by atomic mass is 16.2. The van der Waals surface area contributed by atoms with Crippen LogP contribution in [0.3, 0.4) is 0 Å². The third-order valence-electron chi connectivity index (χ3n) is 3.98. The lowest BCUT2D eigenvalue weighted by molar-refractivity contribution is 0.0893. The second kappa shape index (κ2) is 4.92. The predicted molar refractivity (Wildman–Crippen MR) is 74.8 cm³/mol. The molecule has 1 aliphatic rings. The summed E-state index contributed by atoms with van der Waals surface area (Å²) >= 11 is 0. The van der Waals surface area contributed by atoms with Crippen molar-refractivity contribution in [3.63, 3.8) is 0 Å². The average molecular weight is 254 g/mol. The van der Waals surface area contributed by atoms with Gasteiger partial charge in [0.05, 0.1) is 5.54 Å². The van der Waals surface area contributed by atoms with Crippen molar-refractivity contribution in [1.29, 1.82) is 0 Å². The predicted octanol–water partition coefficient (Wildman–Crippen LogP) is 3.21. The van der Waals surface area contributed by atoms with Crippen molar-refractivity contribution in [2.75, 3.05) is 0 Å². The van der Waals surface area contributed by atoms with Crippen LogP contribution in [-0.4, -0.2) is 10.9 Å². The minimum atomic E-state index is -0.191. The first-order valence-corrected chi connectivity index (χ1v) is 6.82. The third-order valence-corrected chi connectivity index (χ3v) is 3.98. The molecule has 1 amide bonds. The molecule has 2 N–H and O–H groups in total. The molecule has 0 atom stereocenters. The third kappa shape index (κ3) is 2.28. The Morgan fingerprint density at radius 2 is 1.79 bits per heavy atom. The minimum absolute atomic E-state index is 0.0178. The van der Waals surface area contributed by atoms with Gasteiger partial charge in [-0.15, -0.1) is 0 Å². The Balaban J connectivity index is 1.88. The van der Waals surface area contributed by atoms with E-state index in [9.17, 15) is 4.79 Å². The molecule has 1 aromatic heterocycles. The Hall–Kier alpha value is -2.03. The number of benzene rings is 1. The van der Waals surface area contributed by atoms with Crippen molar-refractivity contribution in [3.8, 4) is 0 Å². The van der Waals surface area contributed by atoms with E-state index in [1.54, 1.807) is 6.20 Å². The summed E-state index contributed by atoms with van der Waals surface area (Å²) in [6.07, 6.45) is 6.14. The van der Waals surface area contributed by atoms with Crippen LogP contribution in [0.25, 0.3) is 0 Å². The fourth-order valence-electron chi connectivity index (χ4n) is 2.98. The first kappa shape index (κ1) is 12.0. The van der Waals surface area contributed by atoms with Crippen molar-refractivity contribution in [3.05, 3.63) is 59.9 Å². The molecule has 0 aliphatic heterocycles.